The van der Waals surface area contributed by atoms with Gasteiger partial charge in [-0.1, -0.05) is 18.2 Å². The lowest BCUT2D eigenvalue weighted by Crippen LogP contribution is -2.26. The quantitative estimate of drug-likeness (QED) is 0.481. The number of methoxy groups -OCH3 is 1. The second-order valence-corrected chi connectivity index (χ2v) is 6.73. The molecule has 1 aromatic heterocycles. The van der Waals surface area contributed by atoms with E-state index in [-0.39, 0.29) is 24.9 Å². The molecule has 0 aliphatic heterocycles. The van der Waals surface area contributed by atoms with Gasteiger partial charge in [0.15, 0.2) is 0 Å². The maximum atomic E-state index is 12.5. The number of anilines is 2. The molecule has 0 bridgehead atoms. The van der Waals surface area contributed by atoms with Crippen LogP contribution >= 0.6 is 0 Å². The zero-order valence-electron chi connectivity index (χ0n) is 17.2. The fraction of sp³-hybridized carbons (Fsp3) is 0.174. The third kappa shape index (κ3) is 5.72. The van der Waals surface area contributed by atoms with E-state index in [1.807, 2.05) is 6.92 Å². The smallest absolute Gasteiger partial charge is 0.337 e. The Labute approximate surface area is 179 Å². The highest BCUT2D eigenvalue weighted by atomic mass is 16.5. The van der Waals surface area contributed by atoms with E-state index in [0.29, 0.717) is 28.3 Å². The number of esters is 1. The van der Waals surface area contributed by atoms with Crippen molar-refractivity contribution in [2.45, 2.75) is 13.5 Å². The number of hydrogen-bond donors (Lipinski definition) is 3. The number of para-hydroxylation sites is 1. The van der Waals surface area contributed by atoms with E-state index in [4.69, 9.17) is 9.15 Å². The molecule has 0 aliphatic rings. The van der Waals surface area contributed by atoms with Crippen LogP contribution in [0.2, 0.25) is 0 Å². The van der Waals surface area contributed by atoms with Crippen molar-refractivity contribution in [3.63, 3.8) is 0 Å². The topological polar surface area (TPSA) is 110 Å². The highest BCUT2D eigenvalue weighted by Gasteiger charge is 2.13. The van der Waals surface area contributed by atoms with Gasteiger partial charge in [0, 0.05) is 11.4 Å². The molecule has 8 nitrogen and oxygen atoms in total. The van der Waals surface area contributed by atoms with Crippen molar-refractivity contribution in [3.8, 4) is 0 Å². The molecule has 1 heterocycles. The molecule has 0 fully saturated rings. The monoisotopic (exact) mass is 421 g/mol. The predicted octanol–water partition coefficient (Wildman–Crippen LogP) is 3.36. The Kier molecular flexibility index (Phi) is 7.05. The third-order valence-corrected chi connectivity index (χ3v) is 4.55. The second-order valence-electron chi connectivity index (χ2n) is 6.73. The van der Waals surface area contributed by atoms with Crippen LogP contribution in [0.1, 0.15) is 32.0 Å². The number of hydrogen-bond acceptors (Lipinski definition) is 6. The van der Waals surface area contributed by atoms with E-state index < -0.39 is 5.97 Å². The molecule has 2 amide bonds. The molecule has 31 heavy (non-hydrogen) atoms. The molecule has 0 atom stereocenters. The van der Waals surface area contributed by atoms with Gasteiger partial charge in [-0.25, -0.2) is 4.79 Å². The van der Waals surface area contributed by atoms with Gasteiger partial charge in [-0.15, -0.1) is 0 Å². The molecule has 0 saturated carbocycles. The van der Waals surface area contributed by atoms with E-state index in [1.54, 1.807) is 54.6 Å². The Hall–Kier alpha value is -4.07. The Morgan fingerprint density at radius 3 is 2.55 bits per heavy atom. The first kappa shape index (κ1) is 21.6. The summed E-state index contributed by atoms with van der Waals surface area (Å²) in [5.74, 6) is -0.455. The van der Waals surface area contributed by atoms with E-state index in [2.05, 4.69) is 16.0 Å². The van der Waals surface area contributed by atoms with Crippen molar-refractivity contribution >= 4 is 29.2 Å². The number of furan rings is 1. The van der Waals surface area contributed by atoms with Crippen molar-refractivity contribution in [1.82, 2.24) is 5.32 Å². The first-order valence-corrected chi connectivity index (χ1v) is 9.60. The standard InChI is InChI=1S/C23H23N3O5/c1-15-9-10-16(23(29)30-2)12-20(15)26-21(27)14-24-19-8-4-3-7-18(19)22(28)25-13-17-6-5-11-31-17/h3-12,24H,13-14H2,1-2H3,(H,25,28)(H,26,27). The van der Waals surface area contributed by atoms with Crippen LogP contribution in [-0.4, -0.2) is 31.4 Å². The lowest BCUT2D eigenvalue weighted by atomic mass is 10.1. The number of amides is 2. The summed E-state index contributed by atoms with van der Waals surface area (Å²) in [6.45, 7) is 2.02. The minimum absolute atomic E-state index is 0.0651. The van der Waals surface area contributed by atoms with E-state index >= 15 is 0 Å². The SMILES string of the molecule is COC(=O)c1ccc(C)c(NC(=O)CNc2ccccc2C(=O)NCc2ccco2)c1. The molecule has 2 aromatic carbocycles. The number of ether oxygens (including phenoxy) is 1. The summed E-state index contributed by atoms with van der Waals surface area (Å²) in [6, 6.07) is 15.3. The summed E-state index contributed by atoms with van der Waals surface area (Å²) in [5, 5.41) is 8.54. The first-order valence-electron chi connectivity index (χ1n) is 9.60. The molecule has 8 heteroatoms. The zero-order valence-corrected chi connectivity index (χ0v) is 17.2. The van der Waals surface area contributed by atoms with Crippen LogP contribution in [0.15, 0.2) is 65.3 Å². The molecule has 3 aromatic rings. The number of carbonyl (C=O) groups is 3. The molecule has 3 rings (SSSR count). The molecular formula is C23H23N3O5. The van der Waals surface area contributed by atoms with Gasteiger partial charge in [0.05, 0.1) is 37.6 Å². The van der Waals surface area contributed by atoms with Crippen LogP contribution in [0.3, 0.4) is 0 Å². The molecule has 160 valence electrons. The number of nitrogens with one attached hydrogen (secondary N) is 3. The molecule has 0 spiro atoms. The summed E-state index contributed by atoms with van der Waals surface area (Å²) in [6.07, 6.45) is 1.54. The highest BCUT2D eigenvalue weighted by Crippen LogP contribution is 2.18. The van der Waals surface area contributed by atoms with Crippen LogP contribution in [-0.2, 0) is 16.1 Å². The predicted molar refractivity (Wildman–Crippen MR) is 116 cm³/mol. The van der Waals surface area contributed by atoms with E-state index in [0.717, 1.165) is 5.56 Å². The van der Waals surface area contributed by atoms with Gasteiger partial charge in [0.1, 0.15) is 5.76 Å². The molecule has 0 saturated heterocycles. The Balaban J connectivity index is 1.62. The summed E-state index contributed by atoms with van der Waals surface area (Å²) in [7, 11) is 1.30. The van der Waals surface area contributed by atoms with Gasteiger partial charge in [-0.2, -0.15) is 0 Å². The maximum Gasteiger partial charge on any atom is 0.337 e. The van der Waals surface area contributed by atoms with E-state index in [1.165, 1.54) is 13.4 Å². The molecule has 3 N–H and O–H groups in total. The van der Waals surface area contributed by atoms with Crippen molar-refractivity contribution in [2.75, 3.05) is 24.3 Å². The fourth-order valence-corrected chi connectivity index (χ4v) is 2.88. The summed E-state index contributed by atoms with van der Waals surface area (Å²) in [4.78, 5) is 36.7. The Morgan fingerprint density at radius 1 is 1.00 bits per heavy atom. The van der Waals surface area contributed by atoms with Crippen molar-refractivity contribution in [1.29, 1.82) is 0 Å². The van der Waals surface area contributed by atoms with Gasteiger partial charge in [0.25, 0.3) is 5.91 Å². The molecule has 0 radical (unpaired) electrons. The minimum Gasteiger partial charge on any atom is -0.467 e. The zero-order chi connectivity index (χ0) is 22.2. The third-order valence-electron chi connectivity index (χ3n) is 4.55. The number of rotatable bonds is 8. The van der Waals surface area contributed by atoms with Gasteiger partial charge in [0.2, 0.25) is 5.91 Å². The number of aryl methyl sites for hydroxylation is 1. The van der Waals surface area contributed by atoms with Crippen LogP contribution in [0.5, 0.6) is 0 Å². The molecule has 0 aliphatic carbocycles. The van der Waals surface area contributed by atoms with Crippen LogP contribution in [0.4, 0.5) is 11.4 Å². The second kappa shape index (κ2) is 10.1. The fourth-order valence-electron chi connectivity index (χ4n) is 2.88. The summed E-state index contributed by atoms with van der Waals surface area (Å²) < 4.78 is 9.93. The van der Waals surface area contributed by atoms with Crippen molar-refractivity contribution in [3.05, 3.63) is 83.3 Å². The lowest BCUT2D eigenvalue weighted by molar-refractivity contribution is -0.114. The maximum absolute atomic E-state index is 12.5. The molecule has 0 unspecified atom stereocenters. The minimum atomic E-state index is -0.483. The van der Waals surface area contributed by atoms with Crippen LogP contribution in [0, 0.1) is 6.92 Å². The van der Waals surface area contributed by atoms with Crippen molar-refractivity contribution < 1.29 is 23.5 Å². The Morgan fingerprint density at radius 2 is 1.81 bits per heavy atom. The average Bonchev–Trinajstić information content (AvgIpc) is 3.31. The van der Waals surface area contributed by atoms with Crippen LogP contribution in [0.25, 0.3) is 0 Å². The van der Waals surface area contributed by atoms with Gasteiger partial charge < -0.3 is 25.1 Å². The van der Waals surface area contributed by atoms with Gasteiger partial charge in [-0.3, -0.25) is 9.59 Å². The normalized spacial score (nSPS) is 10.3. The average molecular weight is 421 g/mol. The largest absolute Gasteiger partial charge is 0.467 e. The first-order chi connectivity index (χ1) is 15.0. The Bertz CT molecular complexity index is 1080. The highest BCUT2D eigenvalue weighted by molar-refractivity contribution is 6.01. The lowest BCUT2D eigenvalue weighted by Gasteiger charge is -2.13. The van der Waals surface area contributed by atoms with Crippen molar-refractivity contribution in [2.24, 2.45) is 0 Å². The van der Waals surface area contributed by atoms with Gasteiger partial charge >= 0.3 is 5.97 Å². The van der Waals surface area contributed by atoms with Gasteiger partial charge in [-0.05, 0) is 48.9 Å². The number of carbonyl (C=O) groups excluding carboxylic acids is 3. The number of benzene rings is 2. The van der Waals surface area contributed by atoms with E-state index in [9.17, 15) is 14.4 Å². The van der Waals surface area contributed by atoms with Crippen LogP contribution < -0.4 is 16.0 Å². The molecular weight excluding hydrogens is 398 g/mol. The summed E-state index contributed by atoms with van der Waals surface area (Å²) >= 11 is 0. The summed E-state index contributed by atoms with van der Waals surface area (Å²) in [5.41, 5.74) is 2.59.